The van der Waals surface area contributed by atoms with Crippen molar-refractivity contribution in [2.45, 2.75) is 39.2 Å². The lowest BCUT2D eigenvalue weighted by Gasteiger charge is -2.23. The van der Waals surface area contributed by atoms with Gasteiger partial charge in [-0.25, -0.2) is 0 Å². The molecule has 1 fully saturated rings. The van der Waals surface area contributed by atoms with Crippen LogP contribution in [-0.2, 0) is 11.2 Å². The minimum absolute atomic E-state index is 0.675. The zero-order valence-electron chi connectivity index (χ0n) is 10.2. The lowest BCUT2D eigenvalue weighted by Crippen LogP contribution is -2.35. The number of ether oxygens (including phenoxy) is 1. The summed E-state index contributed by atoms with van der Waals surface area (Å²) in [5.74, 6) is 0. The van der Waals surface area contributed by atoms with Crippen LogP contribution in [-0.4, -0.2) is 25.8 Å². The van der Waals surface area contributed by atoms with Crippen LogP contribution in [0.1, 0.15) is 28.2 Å². The lowest BCUT2D eigenvalue weighted by atomic mass is 10.1. The molecule has 0 saturated carbocycles. The van der Waals surface area contributed by atoms with Crippen molar-refractivity contribution in [2.24, 2.45) is 0 Å². The normalized spacial score (nSPS) is 17.9. The van der Waals surface area contributed by atoms with E-state index in [0.717, 1.165) is 26.2 Å². The van der Waals surface area contributed by atoms with Crippen LogP contribution in [0.15, 0.2) is 6.07 Å². The predicted octanol–water partition coefficient (Wildman–Crippen LogP) is 2.68. The fourth-order valence-electron chi connectivity index (χ4n) is 2.24. The van der Waals surface area contributed by atoms with Gasteiger partial charge in [-0.2, -0.15) is 0 Å². The summed E-state index contributed by atoms with van der Waals surface area (Å²) in [4.78, 5) is 2.91. The van der Waals surface area contributed by atoms with Crippen molar-refractivity contribution in [2.75, 3.05) is 19.8 Å². The Kier molecular flexibility index (Phi) is 4.38. The fourth-order valence-corrected chi connectivity index (χ4v) is 3.22. The van der Waals surface area contributed by atoms with Crippen molar-refractivity contribution in [3.05, 3.63) is 21.4 Å². The number of thiophene rings is 1. The Hall–Kier alpha value is -0.380. The highest BCUT2D eigenvalue weighted by Gasteiger charge is 2.12. The van der Waals surface area contributed by atoms with E-state index in [1.54, 1.807) is 0 Å². The van der Waals surface area contributed by atoms with Gasteiger partial charge in [-0.1, -0.05) is 0 Å². The molecule has 1 aromatic heterocycles. The summed E-state index contributed by atoms with van der Waals surface area (Å²) in [5.41, 5.74) is 1.52. The van der Waals surface area contributed by atoms with Crippen LogP contribution in [0.3, 0.4) is 0 Å². The second-order valence-corrected chi connectivity index (χ2v) is 5.99. The van der Waals surface area contributed by atoms with E-state index in [4.69, 9.17) is 4.74 Å². The highest BCUT2D eigenvalue weighted by atomic mass is 32.1. The minimum atomic E-state index is 0.675. The number of nitrogens with one attached hydrogen (secondary N) is 1. The summed E-state index contributed by atoms with van der Waals surface area (Å²) in [6, 6.07) is 3.00. The highest BCUT2D eigenvalue weighted by Crippen LogP contribution is 2.20. The fraction of sp³-hybridized carbons (Fsp3) is 0.692. The lowest BCUT2D eigenvalue weighted by molar-refractivity contribution is 0.0782. The van der Waals surface area contributed by atoms with E-state index < -0.39 is 0 Å². The van der Waals surface area contributed by atoms with Crippen LogP contribution in [0.25, 0.3) is 0 Å². The minimum Gasteiger partial charge on any atom is -0.381 e. The molecule has 0 amide bonds. The molecule has 1 aromatic rings. The number of rotatable bonds is 4. The summed E-state index contributed by atoms with van der Waals surface area (Å²) in [5, 5.41) is 3.63. The van der Waals surface area contributed by atoms with Gasteiger partial charge in [0.2, 0.25) is 0 Å². The van der Waals surface area contributed by atoms with Crippen LogP contribution >= 0.6 is 11.3 Å². The van der Waals surface area contributed by atoms with Gasteiger partial charge in [0.25, 0.3) is 0 Å². The zero-order valence-corrected chi connectivity index (χ0v) is 11.0. The van der Waals surface area contributed by atoms with Gasteiger partial charge in [0.1, 0.15) is 0 Å². The maximum absolute atomic E-state index is 5.35. The van der Waals surface area contributed by atoms with Crippen LogP contribution in [0, 0.1) is 13.8 Å². The second-order valence-electron chi connectivity index (χ2n) is 4.53. The molecule has 1 aliphatic rings. The summed E-state index contributed by atoms with van der Waals surface area (Å²) >= 11 is 1.91. The molecule has 16 heavy (non-hydrogen) atoms. The molecule has 0 aromatic carbocycles. The maximum Gasteiger partial charge on any atom is 0.0480 e. The van der Waals surface area contributed by atoms with Gasteiger partial charge < -0.3 is 10.1 Å². The molecule has 1 saturated heterocycles. The Labute approximate surface area is 102 Å². The maximum atomic E-state index is 5.35. The van der Waals surface area contributed by atoms with Gasteiger partial charge in [0, 0.05) is 29.0 Å². The smallest absolute Gasteiger partial charge is 0.0480 e. The number of hydrogen-bond donors (Lipinski definition) is 1. The van der Waals surface area contributed by atoms with Gasteiger partial charge in [0.05, 0.1) is 0 Å². The van der Waals surface area contributed by atoms with Crippen LogP contribution in [0.2, 0.25) is 0 Å². The molecule has 0 unspecified atom stereocenters. The van der Waals surface area contributed by atoms with Crippen LogP contribution < -0.4 is 5.32 Å². The van der Waals surface area contributed by atoms with E-state index in [1.165, 1.54) is 28.2 Å². The third kappa shape index (κ3) is 3.30. The van der Waals surface area contributed by atoms with E-state index in [1.807, 2.05) is 11.3 Å². The first-order valence-corrected chi connectivity index (χ1v) is 6.94. The quantitative estimate of drug-likeness (QED) is 0.872. The van der Waals surface area contributed by atoms with E-state index in [9.17, 15) is 0 Å². The monoisotopic (exact) mass is 239 g/mol. The number of aryl methyl sites for hydroxylation is 2. The first-order valence-electron chi connectivity index (χ1n) is 6.13. The predicted molar refractivity (Wildman–Crippen MR) is 69.3 cm³/mol. The van der Waals surface area contributed by atoms with Crippen LogP contribution in [0.4, 0.5) is 0 Å². The van der Waals surface area contributed by atoms with Gasteiger partial charge >= 0.3 is 0 Å². The van der Waals surface area contributed by atoms with Crippen molar-refractivity contribution in [3.63, 3.8) is 0 Å². The molecule has 1 aliphatic heterocycles. The Morgan fingerprint density at radius 2 is 2.12 bits per heavy atom. The Bertz CT molecular complexity index is 329. The standard InChI is InChI=1S/C13H21NOS/c1-10-9-12(11(2)16-10)3-6-14-13-4-7-15-8-5-13/h9,13-14H,3-8H2,1-2H3. The molecule has 0 bridgehead atoms. The topological polar surface area (TPSA) is 21.3 Å². The van der Waals surface area contributed by atoms with Gasteiger partial charge in [-0.15, -0.1) is 11.3 Å². The Morgan fingerprint density at radius 1 is 1.38 bits per heavy atom. The van der Waals surface area contributed by atoms with E-state index in [-0.39, 0.29) is 0 Å². The van der Waals surface area contributed by atoms with Crippen LogP contribution in [0.5, 0.6) is 0 Å². The molecule has 1 N–H and O–H groups in total. The average Bonchev–Trinajstić information content (AvgIpc) is 2.59. The molecule has 90 valence electrons. The molecule has 0 atom stereocenters. The molecule has 0 radical (unpaired) electrons. The summed E-state index contributed by atoms with van der Waals surface area (Å²) < 4.78 is 5.35. The average molecular weight is 239 g/mol. The molecule has 2 heterocycles. The van der Waals surface area contributed by atoms with Crippen molar-refractivity contribution < 1.29 is 4.74 Å². The molecule has 3 heteroatoms. The van der Waals surface area contributed by atoms with Gasteiger partial charge in [-0.05, 0) is 51.3 Å². The van der Waals surface area contributed by atoms with Gasteiger partial charge in [-0.3, -0.25) is 0 Å². The van der Waals surface area contributed by atoms with Crippen molar-refractivity contribution in [1.82, 2.24) is 5.32 Å². The van der Waals surface area contributed by atoms with E-state index in [2.05, 4.69) is 25.2 Å². The second kappa shape index (κ2) is 5.80. The first-order chi connectivity index (χ1) is 7.75. The SMILES string of the molecule is Cc1cc(CCNC2CCOCC2)c(C)s1. The summed E-state index contributed by atoms with van der Waals surface area (Å²) in [7, 11) is 0. The van der Waals surface area contributed by atoms with E-state index >= 15 is 0 Å². The molecular formula is C13H21NOS. The third-order valence-corrected chi connectivity index (χ3v) is 4.20. The molecule has 2 rings (SSSR count). The molecular weight excluding hydrogens is 218 g/mol. The zero-order chi connectivity index (χ0) is 11.4. The molecule has 0 aliphatic carbocycles. The molecule has 2 nitrogen and oxygen atoms in total. The van der Waals surface area contributed by atoms with Gasteiger partial charge in [0.15, 0.2) is 0 Å². The third-order valence-electron chi connectivity index (χ3n) is 3.19. The summed E-state index contributed by atoms with van der Waals surface area (Å²) in [6.45, 7) is 7.36. The van der Waals surface area contributed by atoms with E-state index in [0.29, 0.717) is 6.04 Å². The largest absolute Gasteiger partial charge is 0.381 e. The van der Waals surface area contributed by atoms with Crippen molar-refractivity contribution >= 4 is 11.3 Å². The van der Waals surface area contributed by atoms with Crippen molar-refractivity contribution in [3.8, 4) is 0 Å². The summed E-state index contributed by atoms with van der Waals surface area (Å²) in [6.07, 6.45) is 3.50. The Balaban J connectivity index is 1.73. The number of hydrogen-bond acceptors (Lipinski definition) is 3. The first kappa shape index (κ1) is 12.1. The molecule has 0 spiro atoms. The Morgan fingerprint density at radius 3 is 2.75 bits per heavy atom. The van der Waals surface area contributed by atoms with Crippen molar-refractivity contribution in [1.29, 1.82) is 0 Å². The highest BCUT2D eigenvalue weighted by molar-refractivity contribution is 7.12.